The van der Waals surface area contributed by atoms with E-state index in [0.29, 0.717) is 12.6 Å². The van der Waals surface area contributed by atoms with Crippen LogP contribution in [0.5, 0.6) is 0 Å². The lowest BCUT2D eigenvalue weighted by atomic mass is 10.0. The van der Waals surface area contributed by atoms with Gasteiger partial charge in [-0.3, -0.25) is 0 Å². The van der Waals surface area contributed by atoms with Crippen LogP contribution in [-0.2, 0) is 4.74 Å². The molecule has 2 heterocycles. The van der Waals surface area contributed by atoms with Gasteiger partial charge < -0.3 is 20.1 Å². The molecule has 0 radical (unpaired) electrons. The minimum absolute atomic E-state index is 0.343. The number of aliphatic hydroxyl groups excluding tert-OH is 1. The molecule has 19 heavy (non-hydrogen) atoms. The average Bonchev–Trinajstić information content (AvgIpc) is 2.42. The number of hydrogen-bond donors (Lipinski definition) is 2. The number of aliphatic hydroxyl groups is 1. The summed E-state index contributed by atoms with van der Waals surface area (Å²) in [5, 5.41) is 13.6. The largest absolute Gasteiger partial charge is 0.389 e. The summed E-state index contributed by atoms with van der Waals surface area (Å²) in [7, 11) is 1.64. The Kier molecular flexibility index (Phi) is 6.94. The molecule has 2 aliphatic heterocycles. The zero-order chi connectivity index (χ0) is 13.5. The van der Waals surface area contributed by atoms with E-state index < -0.39 is 0 Å². The third kappa shape index (κ3) is 5.60. The van der Waals surface area contributed by atoms with E-state index in [0.717, 1.165) is 25.7 Å². The van der Waals surface area contributed by atoms with E-state index in [4.69, 9.17) is 4.74 Å². The summed E-state index contributed by atoms with van der Waals surface area (Å²) in [5.41, 5.74) is 0. The Morgan fingerprint density at radius 2 is 2.11 bits per heavy atom. The summed E-state index contributed by atoms with van der Waals surface area (Å²) in [4.78, 5) is 2.36. The molecule has 2 saturated heterocycles. The summed E-state index contributed by atoms with van der Waals surface area (Å²) < 4.78 is 4.98. The first-order valence-electron chi connectivity index (χ1n) is 7.51. The maximum absolute atomic E-state index is 9.74. The fraction of sp³-hybridized carbons (Fsp3) is 1.00. The highest BCUT2D eigenvalue weighted by Gasteiger charge is 2.23. The first kappa shape index (κ1) is 15.6. The molecule has 0 aromatic heterocycles. The summed E-state index contributed by atoms with van der Waals surface area (Å²) in [6, 6.07) is 1.41. The highest BCUT2D eigenvalue weighted by atomic mass is 32.2. The van der Waals surface area contributed by atoms with Gasteiger partial charge in [-0.1, -0.05) is 0 Å². The van der Waals surface area contributed by atoms with Crippen molar-refractivity contribution >= 4 is 11.8 Å². The molecule has 0 spiro atoms. The van der Waals surface area contributed by atoms with Gasteiger partial charge in [0.25, 0.3) is 0 Å². The Morgan fingerprint density at radius 1 is 1.32 bits per heavy atom. The zero-order valence-corrected chi connectivity index (χ0v) is 12.8. The Hall–Kier alpha value is 0.190. The van der Waals surface area contributed by atoms with Gasteiger partial charge in [-0.15, -0.1) is 0 Å². The number of hydrogen-bond acceptors (Lipinski definition) is 5. The van der Waals surface area contributed by atoms with Crippen LogP contribution in [0.4, 0.5) is 0 Å². The molecule has 2 rings (SSSR count). The average molecular weight is 288 g/mol. The van der Waals surface area contributed by atoms with Crippen LogP contribution < -0.4 is 5.32 Å². The van der Waals surface area contributed by atoms with Crippen molar-refractivity contribution in [2.75, 3.05) is 44.9 Å². The van der Waals surface area contributed by atoms with Crippen molar-refractivity contribution in [3.8, 4) is 0 Å². The van der Waals surface area contributed by atoms with Crippen LogP contribution in [-0.4, -0.2) is 73.1 Å². The van der Waals surface area contributed by atoms with Crippen LogP contribution in [0.15, 0.2) is 0 Å². The Morgan fingerprint density at radius 3 is 2.74 bits per heavy atom. The van der Waals surface area contributed by atoms with Gasteiger partial charge in [0.15, 0.2) is 0 Å². The highest BCUT2D eigenvalue weighted by Crippen LogP contribution is 2.19. The molecule has 0 aromatic rings. The molecule has 2 fully saturated rings. The molecule has 0 amide bonds. The number of thioether (sulfide) groups is 1. The quantitative estimate of drug-likeness (QED) is 0.762. The maximum atomic E-state index is 9.74. The van der Waals surface area contributed by atoms with Crippen molar-refractivity contribution in [1.29, 1.82) is 0 Å². The highest BCUT2D eigenvalue weighted by molar-refractivity contribution is 7.99. The molecule has 0 bridgehead atoms. The van der Waals surface area contributed by atoms with E-state index in [2.05, 4.69) is 22.0 Å². The van der Waals surface area contributed by atoms with Gasteiger partial charge in [0.05, 0.1) is 12.7 Å². The fourth-order valence-electron chi connectivity index (χ4n) is 3.03. The van der Waals surface area contributed by atoms with Crippen LogP contribution in [0, 0.1) is 0 Å². The van der Waals surface area contributed by atoms with Crippen molar-refractivity contribution in [2.24, 2.45) is 0 Å². The van der Waals surface area contributed by atoms with E-state index in [1.54, 1.807) is 7.11 Å². The normalized spacial score (nSPS) is 28.4. The van der Waals surface area contributed by atoms with E-state index in [9.17, 15) is 5.11 Å². The second kappa shape index (κ2) is 8.47. The Labute approximate surface area is 121 Å². The van der Waals surface area contributed by atoms with Gasteiger partial charge in [0, 0.05) is 31.5 Å². The van der Waals surface area contributed by atoms with Gasteiger partial charge in [-0.2, -0.15) is 11.8 Å². The lowest BCUT2D eigenvalue weighted by Crippen LogP contribution is -2.49. The first-order valence-corrected chi connectivity index (χ1v) is 8.66. The number of β-amino-alcohol motifs (C(OH)–C–C–N with tert-alkyl or cyclic N) is 1. The van der Waals surface area contributed by atoms with Crippen molar-refractivity contribution in [2.45, 2.75) is 43.9 Å². The molecule has 4 nitrogen and oxygen atoms in total. The van der Waals surface area contributed by atoms with Gasteiger partial charge in [-0.05, 0) is 44.5 Å². The molecule has 2 aliphatic rings. The second-order valence-electron chi connectivity index (χ2n) is 5.76. The van der Waals surface area contributed by atoms with Gasteiger partial charge in [0.1, 0.15) is 0 Å². The number of rotatable bonds is 6. The van der Waals surface area contributed by atoms with Crippen LogP contribution in [0.3, 0.4) is 0 Å². The fourth-order valence-corrected chi connectivity index (χ4v) is 4.12. The van der Waals surface area contributed by atoms with Crippen molar-refractivity contribution < 1.29 is 9.84 Å². The standard InChI is InChI=1S/C14H28N2O2S/c1-18-10-14(17)9-16-6-4-12(5-7-16)15-13-3-2-8-19-11-13/h12-15,17H,2-11H2,1H3/t13-,14+/m0/s1. The second-order valence-corrected chi connectivity index (χ2v) is 6.91. The van der Waals surface area contributed by atoms with Gasteiger partial charge in [0.2, 0.25) is 0 Å². The van der Waals surface area contributed by atoms with E-state index in [-0.39, 0.29) is 6.10 Å². The number of ether oxygens (including phenoxy) is 1. The third-order valence-corrected chi connectivity index (χ3v) is 5.26. The molecule has 0 aliphatic carbocycles. The Bertz CT molecular complexity index is 242. The topological polar surface area (TPSA) is 44.7 Å². The van der Waals surface area contributed by atoms with Crippen LogP contribution >= 0.6 is 11.8 Å². The summed E-state index contributed by atoms with van der Waals surface area (Å²) >= 11 is 2.09. The number of nitrogens with zero attached hydrogens (tertiary/aromatic N) is 1. The minimum atomic E-state index is -0.343. The number of methoxy groups -OCH3 is 1. The van der Waals surface area contributed by atoms with Gasteiger partial charge in [-0.25, -0.2) is 0 Å². The first-order chi connectivity index (χ1) is 9.28. The molecule has 0 saturated carbocycles. The van der Waals surface area contributed by atoms with Crippen LogP contribution in [0.2, 0.25) is 0 Å². The molecule has 0 aromatic carbocycles. The Balaban J connectivity index is 1.61. The lowest BCUT2D eigenvalue weighted by molar-refractivity contribution is 0.0307. The van der Waals surface area contributed by atoms with Crippen LogP contribution in [0.25, 0.3) is 0 Å². The summed E-state index contributed by atoms with van der Waals surface area (Å²) in [6.45, 7) is 3.38. The summed E-state index contributed by atoms with van der Waals surface area (Å²) in [5.74, 6) is 2.63. The lowest BCUT2D eigenvalue weighted by Gasteiger charge is -2.36. The van der Waals surface area contributed by atoms with Gasteiger partial charge >= 0.3 is 0 Å². The van der Waals surface area contributed by atoms with Crippen molar-refractivity contribution in [3.63, 3.8) is 0 Å². The number of nitrogens with one attached hydrogen (secondary N) is 1. The summed E-state index contributed by atoms with van der Waals surface area (Å²) in [6.07, 6.45) is 4.79. The predicted octanol–water partition coefficient (Wildman–Crippen LogP) is 0.943. The molecular formula is C14H28N2O2S. The van der Waals surface area contributed by atoms with Crippen LogP contribution in [0.1, 0.15) is 25.7 Å². The predicted molar refractivity (Wildman–Crippen MR) is 80.8 cm³/mol. The molecular weight excluding hydrogens is 260 g/mol. The monoisotopic (exact) mass is 288 g/mol. The maximum Gasteiger partial charge on any atom is 0.0900 e. The van der Waals surface area contributed by atoms with Crippen molar-refractivity contribution in [3.05, 3.63) is 0 Å². The van der Waals surface area contributed by atoms with E-state index in [1.165, 1.54) is 37.2 Å². The van der Waals surface area contributed by atoms with Crippen molar-refractivity contribution in [1.82, 2.24) is 10.2 Å². The number of piperidine rings is 1. The van der Waals surface area contributed by atoms with E-state index >= 15 is 0 Å². The smallest absolute Gasteiger partial charge is 0.0900 e. The molecule has 112 valence electrons. The zero-order valence-electron chi connectivity index (χ0n) is 12.0. The molecule has 5 heteroatoms. The third-order valence-electron chi connectivity index (χ3n) is 4.05. The molecule has 2 atom stereocenters. The number of likely N-dealkylation sites (tertiary alicyclic amines) is 1. The minimum Gasteiger partial charge on any atom is -0.389 e. The molecule has 0 unspecified atom stereocenters. The molecule has 2 N–H and O–H groups in total. The van der Waals surface area contributed by atoms with E-state index in [1.807, 2.05) is 0 Å². The SMILES string of the molecule is COC[C@H](O)CN1CCC(N[C@H]2CCCSC2)CC1.